The molecule has 0 aromatic rings. The summed E-state index contributed by atoms with van der Waals surface area (Å²) >= 11 is 0. The van der Waals surface area contributed by atoms with Crippen molar-refractivity contribution in [3.05, 3.63) is 0 Å². The van der Waals surface area contributed by atoms with Crippen LogP contribution in [0.25, 0.3) is 0 Å². The summed E-state index contributed by atoms with van der Waals surface area (Å²) in [5.41, 5.74) is 1.68. The number of methoxy groups -OCH3 is 1. The van der Waals surface area contributed by atoms with Crippen LogP contribution in [0.4, 0.5) is 0 Å². The summed E-state index contributed by atoms with van der Waals surface area (Å²) in [5.74, 6) is 4.82. The van der Waals surface area contributed by atoms with E-state index in [2.05, 4.69) is 18.6 Å². The van der Waals surface area contributed by atoms with Crippen LogP contribution >= 0.6 is 0 Å². The lowest BCUT2D eigenvalue weighted by Gasteiger charge is -2.29. The van der Waals surface area contributed by atoms with Crippen molar-refractivity contribution >= 4 is 0 Å². The summed E-state index contributed by atoms with van der Waals surface area (Å²) in [4.78, 5) is 0. The Labute approximate surface area is 128 Å². The Balaban J connectivity index is 0.000000350. The molecule has 0 amide bonds. The molecular weight excluding hydrogens is 244 g/mol. The van der Waals surface area contributed by atoms with Crippen LogP contribution in [0.15, 0.2) is 0 Å². The number of hydrogen-bond donors (Lipinski definition) is 0. The van der Waals surface area contributed by atoms with Gasteiger partial charge in [-0.3, -0.25) is 0 Å². The van der Waals surface area contributed by atoms with Gasteiger partial charge in [-0.15, -0.1) is 0 Å². The molecule has 5 atom stereocenters. The van der Waals surface area contributed by atoms with Crippen LogP contribution in [-0.4, -0.2) is 14.2 Å². The van der Waals surface area contributed by atoms with Gasteiger partial charge in [-0.1, -0.05) is 55.4 Å². The average molecular weight is 285 g/mol. The van der Waals surface area contributed by atoms with Crippen molar-refractivity contribution in [2.24, 2.45) is 34.5 Å². The highest BCUT2D eigenvalue weighted by atomic mass is 16.4. The van der Waals surface area contributed by atoms with Gasteiger partial charge in [0.1, 0.15) is 0 Å². The van der Waals surface area contributed by atoms with Crippen molar-refractivity contribution in [1.29, 1.82) is 0 Å². The van der Waals surface area contributed by atoms with Gasteiger partial charge in [0.25, 0.3) is 0 Å². The van der Waals surface area contributed by atoms with E-state index in [0.717, 1.165) is 16.7 Å². The van der Waals surface area contributed by atoms with Gasteiger partial charge < -0.3 is 4.74 Å². The summed E-state index contributed by atoms with van der Waals surface area (Å²) in [6, 6.07) is 0. The van der Waals surface area contributed by atoms with Gasteiger partial charge >= 0.3 is 0 Å². The summed E-state index contributed by atoms with van der Waals surface area (Å²) < 4.78 is 4.25. The first-order chi connectivity index (χ1) is 9.61. The molecular formula is C19H40O. The zero-order chi connectivity index (χ0) is 16.1. The van der Waals surface area contributed by atoms with Crippen LogP contribution in [-0.2, 0) is 4.74 Å². The van der Waals surface area contributed by atoms with E-state index in [1.807, 2.05) is 41.5 Å². The minimum Gasteiger partial charge on any atom is -0.388 e. The smallest absolute Gasteiger partial charge is 0.0351 e. The summed E-state index contributed by atoms with van der Waals surface area (Å²) in [5, 5.41) is 0. The van der Waals surface area contributed by atoms with Gasteiger partial charge in [0.05, 0.1) is 0 Å². The van der Waals surface area contributed by atoms with Crippen LogP contribution in [0.5, 0.6) is 0 Å². The van der Waals surface area contributed by atoms with Crippen molar-refractivity contribution < 1.29 is 4.74 Å². The van der Waals surface area contributed by atoms with Crippen LogP contribution in [0.3, 0.4) is 0 Å². The molecule has 0 heterocycles. The molecule has 0 saturated heterocycles. The van der Waals surface area contributed by atoms with Gasteiger partial charge in [0.2, 0.25) is 0 Å². The van der Waals surface area contributed by atoms with Crippen molar-refractivity contribution in [1.82, 2.24) is 0 Å². The first-order valence-corrected chi connectivity index (χ1v) is 9.01. The molecule has 1 nitrogen and oxygen atoms in total. The molecule has 122 valence electrons. The molecule has 0 radical (unpaired) electrons. The highest BCUT2D eigenvalue weighted by molar-refractivity contribution is 5.36. The third-order valence-corrected chi connectivity index (χ3v) is 5.90. The molecule has 0 aromatic carbocycles. The SMILES string of the molecule is CC.CC.CC.CC1(C)C2CC[C@@H]3C4CC21[C@H]43.COC. The number of hydrogen-bond acceptors (Lipinski definition) is 1. The Morgan fingerprint density at radius 1 is 0.800 bits per heavy atom. The number of rotatable bonds is 0. The third kappa shape index (κ3) is 2.56. The summed E-state index contributed by atoms with van der Waals surface area (Å²) in [6.07, 6.45) is 4.79. The van der Waals surface area contributed by atoms with Crippen LogP contribution in [0, 0.1) is 34.5 Å². The monoisotopic (exact) mass is 284 g/mol. The fourth-order valence-corrected chi connectivity index (χ4v) is 5.29. The number of ether oxygens (including phenoxy) is 1. The quantitative estimate of drug-likeness (QED) is 0.527. The molecule has 0 aromatic heterocycles. The van der Waals surface area contributed by atoms with Crippen LogP contribution in [0.2, 0.25) is 0 Å². The lowest BCUT2D eigenvalue weighted by Crippen LogP contribution is -2.24. The molecule has 4 saturated carbocycles. The third-order valence-electron chi connectivity index (χ3n) is 5.90. The lowest BCUT2D eigenvalue weighted by atomic mass is 9.75. The Bertz CT molecular complexity index is 271. The summed E-state index contributed by atoms with van der Waals surface area (Å²) in [6.45, 7) is 17.0. The molecule has 3 unspecified atom stereocenters. The van der Waals surface area contributed by atoms with E-state index in [9.17, 15) is 0 Å². The topological polar surface area (TPSA) is 9.23 Å². The van der Waals surface area contributed by atoms with E-state index < -0.39 is 0 Å². The average Bonchev–Trinajstić information content (AvgIpc) is 3.28. The van der Waals surface area contributed by atoms with E-state index in [0.29, 0.717) is 0 Å². The minimum atomic E-state index is 0.763. The molecule has 20 heavy (non-hydrogen) atoms. The Morgan fingerprint density at radius 2 is 1.25 bits per heavy atom. The van der Waals surface area contributed by atoms with Crippen molar-refractivity contribution in [3.8, 4) is 0 Å². The first kappa shape index (κ1) is 20.0. The van der Waals surface area contributed by atoms with Gasteiger partial charge in [0, 0.05) is 14.2 Å². The fraction of sp³-hybridized carbons (Fsp3) is 1.00. The zero-order valence-corrected chi connectivity index (χ0v) is 15.8. The Hall–Kier alpha value is -0.0400. The van der Waals surface area contributed by atoms with Crippen molar-refractivity contribution in [2.75, 3.05) is 14.2 Å². The molecule has 4 aliphatic carbocycles. The molecule has 0 bridgehead atoms. The second-order valence-corrected chi connectivity index (χ2v) is 6.36. The van der Waals surface area contributed by atoms with E-state index >= 15 is 0 Å². The zero-order valence-electron chi connectivity index (χ0n) is 15.8. The first-order valence-electron chi connectivity index (χ1n) is 9.01. The highest BCUT2D eigenvalue weighted by Gasteiger charge is 2.88. The maximum Gasteiger partial charge on any atom is 0.0351 e. The fourth-order valence-electron chi connectivity index (χ4n) is 5.29. The molecule has 0 N–H and O–H groups in total. The molecule has 4 rings (SSSR count). The predicted molar refractivity (Wildman–Crippen MR) is 91.0 cm³/mol. The molecule has 4 fully saturated rings. The minimum absolute atomic E-state index is 0.763. The maximum absolute atomic E-state index is 4.25. The van der Waals surface area contributed by atoms with E-state index in [4.69, 9.17) is 0 Å². The van der Waals surface area contributed by atoms with E-state index in [1.165, 1.54) is 17.8 Å². The Morgan fingerprint density at radius 3 is 1.65 bits per heavy atom. The van der Waals surface area contributed by atoms with Gasteiger partial charge in [0.15, 0.2) is 0 Å². The molecule has 1 heteroatoms. The second-order valence-electron chi connectivity index (χ2n) is 6.36. The van der Waals surface area contributed by atoms with Crippen molar-refractivity contribution in [2.45, 2.75) is 74.7 Å². The standard InChI is InChI=1S/C11H16.C2H6O.3C2H6/c1-10(2)8-4-3-6-7-5-11(8,10)9(6)7;1-3-2;3*1-2/h6-9H,3-5H2,1-2H3;1-2H3;3*1-2H3/t6-,7?,8?,9+,11?;;;;/m1..../s1. The molecule has 0 aliphatic heterocycles. The normalized spacial score (nSPS) is 41.7. The molecule has 1 spiro atoms. The van der Waals surface area contributed by atoms with Gasteiger partial charge in [-0.25, -0.2) is 0 Å². The van der Waals surface area contributed by atoms with Crippen LogP contribution < -0.4 is 0 Å². The largest absolute Gasteiger partial charge is 0.388 e. The maximum atomic E-state index is 4.25. The van der Waals surface area contributed by atoms with Gasteiger partial charge in [-0.05, 0) is 53.8 Å². The molecule has 4 aliphatic rings. The number of fused-ring (bicyclic) bond motifs is 1. The second kappa shape index (κ2) is 7.82. The highest BCUT2D eigenvalue weighted by Crippen LogP contribution is 2.94. The summed E-state index contributed by atoms with van der Waals surface area (Å²) in [7, 11) is 3.25. The Kier molecular flexibility index (Phi) is 7.81. The van der Waals surface area contributed by atoms with Crippen LogP contribution in [0.1, 0.15) is 74.7 Å². The van der Waals surface area contributed by atoms with E-state index in [1.54, 1.807) is 33.5 Å². The predicted octanol–water partition coefficient (Wildman–Crippen LogP) is 6.03. The van der Waals surface area contributed by atoms with Crippen molar-refractivity contribution in [3.63, 3.8) is 0 Å². The lowest BCUT2D eigenvalue weighted by molar-refractivity contribution is 0.182. The van der Waals surface area contributed by atoms with E-state index in [-0.39, 0.29) is 0 Å². The van der Waals surface area contributed by atoms with Gasteiger partial charge in [-0.2, -0.15) is 0 Å².